The second-order valence-corrected chi connectivity index (χ2v) is 2.39. The lowest BCUT2D eigenvalue weighted by Crippen LogP contribution is -1.93. The van der Waals surface area contributed by atoms with Crippen LogP contribution in [0.2, 0.25) is 0 Å². The van der Waals surface area contributed by atoms with E-state index in [0.29, 0.717) is 5.56 Å². The minimum Gasteiger partial charge on any atom is -0.478 e. The van der Waals surface area contributed by atoms with Crippen molar-refractivity contribution in [3.05, 3.63) is 48.6 Å². The van der Waals surface area contributed by atoms with Crippen molar-refractivity contribution in [2.24, 2.45) is 0 Å². The molecule has 0 aliphatic carbocycles. The Bertz CT molecular complexity index is 406. The van der Waals surface area contributed by atoms with Gasteiger partial charge in [-0.3, -0.25) is 0 Å². The van der Waals surface area contributed by atoms with Gasteiger partial charge in [0.25, 0.3) is 6.26 Å². The summed E-state index contributed by atoms with van der Waals surface area (Å²) in [5.74, 6) is -1.60. The zero-order valence-corrected chi connectivity index (χ0v) is 8.29. The number of ether oxygens (including phenoxy) is 1. The standard InChI is InChI=1S/C7H6O2.C4H3NO2/c8-7(9)6-4-2-1-3-5-6;1-2-4(6)7-3-5/h1-5H,(H,8,9);2H,1H2. The van der Waals surface area contributed by atoms with Crippen LogP contribution in [0, 0.1) is 11.5 Å². The highest BCUT2D eigenvalue weighted by atomic mass is 16.5. The highest BCUT2D eigenvalue weighted by molar-refractivity contribution is 5.87. The van der Waals surface area contributed by atoms with Crippen LogP contribution >= 0.6 is 0 Å². The molecule has 0 fully saturated rings. The molecular weight excluding hydrogens is 210 g/mol. The number of carboxylic acids is 1. The number of carbonyl (C=O) groups is 2. The van der Waals surface area contributed by atoms with E-state index in [1.807, 2.05) is 0 Å². The summed E-state index contributed by atoms with van der Waals surface area (Å²) in [4.78, 5) is 20.0. The molecule has 1 aromatic carbocycles. The molecule has 0 aromatic heterocycles. The third-order valence-corrected chi connectivity index (χ3v) is 1.33. The Morgan fingerprint density at radius 1 is 1.38 bits per heavy atom. The Hall–Kier alpha value is -2.61. The van der Waals surface area contributed by atoms with Gasteiger partial charge in [-0.2, -0.15) is 0 Å². The molecule has 0 heterocycles. The van der Waals surface area contributed by atoms with Crippen LogP contribution in [-0.4, -0.2) is 17.0 Å². The molecule has 16 heavy (non-hydrogen) atoms. The second-order valence-electron chi connectivity index (χ2n) is 2.39. The maximum Gasteiger partial charge on any atom is 0.345 e. The van der Waals surface area contributed by atoms with Gasteiger partial charge in [0, 0.05) is 6.08 Å². The average molecular weight is 219 g/mol. The largest absolute Gasteiger partial charge is 0.478 e. The molecular formula is C11H9NO4. The molecule has 0 bridgehead atoms. The Morgan fingerprint density at radius 2 is 1.94 bits per heavy atom. The van der Waals surface area contributed by atoms with Crippen molar-refractivity contribution in [1.29, 1.82) is 5.26 Å². The van der Waals surface area contributed by atoms with Gasteiger partial charge in [-0.15, -0.1) is 5.26 Å². The number of hydrogen-bond donors (Lipinski definition) is 1. The summed E-state index contributed by atoms with van der Waals surface area (Å²) in [6, 6.07) is 8.30. The van der Waals surface area contributed by atoms with Crippen LogP contribution in [-0.2, 0) is 9.53 Å². The molecule has 1 rings (SSSR count). The Labute approximate surface area is 92.2 Å². The molecule has 82 valence electrons. The van der Waals surface area contributed by atoms with Crippen LogP contribution < -0.4 is 0 Å². The van der Waals surface area contributed by atoms with Crippen LogP contribution in [0.1, 0.15) is 10.4 Å². The average Bonchev–Trinajstić information content (AvgIpc) is 2.31. The lowest BCUT2D eigenvalue weighted by molar-refractivity contribution is -0.131. The number of nitriles is 1. The quantitative estimate of drug-likeness (QED) is 0.463. The van der Waals surface area contributed by atoms with Crippen LogP contribution in [0.4, 0.5) is 0 Å². The van der Waals surface area contributed by atoms with E-state index in [-0.39, 0.29) is 0 Å². The van der Waals surface area contributed by atoms with Crippen LogP contribution in [0.5, 0.6) is 0 Å². The van der Waals surface area contributed by atoms with E-state index in [0.717, 1.165) is 6.08 Å². The summed E-state index contributed by atoms with van der Waals surface area (Å²) in [6.07, 6.45) is 2.12. The highest BCUT2D eigenvalue weighted by Gasteiger charge is 1.96. The Morgan fingerprint density at radius 3 is 2.19 bits per heavy atom. The first-order chi connectivity index (χ1) is 7.61. The lowest BCUT2D eigenvalue weighted by atomic mass is 10.2. The van der Waals surface area contributed by atoms with Crippen LogP contribution in [0.15, 0.2) is 43.0 Å². The first kappa shape index (κ1) is 13.4. The van der Waals surface area contributed by atoms with Gasteiger partial charge in [-0.1, -0.05) is 24.8 Å². The van der Waals surface area contributed by atoms with E-state index >= 15 is 0 Å². The summed E-state index contributed by atoms with van der Waals surface area (Å²) in [6.45, 7) is 3.05. The first-order valence-corrected chi connectivity index (χ1v) is 4.12. The van der Waals surface area contributed by atoms with Crippen molar-refractivity contribution in [2.45, 2.75) is 0 Å². The van der Waals surface area contributed by atoms with Gasteiger partial charge in [-0.05, 0) is 12.1 Å². The number of nitrogens with zero attached hydrogens (tertiary/aromatic N) is 1. The van der Waals surface area contributed by atoms with E-state index in [1.54, 1.807) is 30.3 Å². The fourth-order valence-corrected chi connectivity index (χ4v) is 0.667. The third-order valence-electron chi connectivity index (χ3n) is 1.33. The SMILES string of the molecule is C=CC(=O)OC#N.O=C(O)c1ccccc1. The van der Waals surface area contributed by atoms with Crippen molar-refractivity contribution in [1.82, 2.24) is 0 Å². The van der Waals surface area contributed by atoms with Crippen molar-refractivity contribution in [3.63, 3.8) is 0 Å². The van der Waals surface area contributed by atoms with Crippen molar-refractivity contribution in [2.75, 3.05) is 0 Å². The molecule has 0 saturated heterocycles. The van der Waals surface area contributed by atoms with E-state index < -0.39 is 11.9 Å². The van der Waals surface area contributed by atoms with Gasteiger partial charge in [0.1, 0.15) is 0 Å². The molecule has 0 atom stereocenters. The van der Waals surface area contributed by atoms with E-state index in [4.69, 9.17) is 10.4 Å². The third kappa shape index (κ3) is 5.94. The lowest BCUT2D eigenvalue weighted by Gasteiger charge is -1.88. The molecule has 0 saturated carbocycles. The molecule has 0 aliphatic heterocycles. The Balaban J connectivity index is 0.000000293. The van der Waals surface area contributed by atoms with Crippen LogP contribution in [0.25, 0.3) is 0 Å². The minimum atomic E-state index is -0.879. The topological polar surface area (TPSA) is 87.4 Å². The zero-order valence-electron chi connectivity index (χ0n) is 8.29. The first-order valence-electron chi connectivity index (χ1n) is 4.12. The number of hydrogen-bond acceptors (Lipinski definition) is 4. The molecule has 5 nitrogen and oxygen atoms in total. The minimum absolute atomic E-state index is 0.331. The molecule has 0 radical (unpaired) electrons. The maximum atomic E-state index is 10.2. The van der Waals surface area contributed by atoms with Gasteiger partial charge < -0.3 is 9.84 Å². The molecule has 0 spiro atoms. The predicted molar refractivity (Wildman–Crippen MR) is 55.3 cm³/mol. The van der Waals surface area contributed by atoms with Gasteiger partial charge >= 0.3 is 11.9 Å². The molecule has 1 aromatic rings. The van der Waals surface area contributed by atoms with E-state index in [1.165, 1.54) is 6.26 Å². The fourth-order valence-electron chi connectivity index (χ4n) is 0.667. The van der Waals surface area contributed by atoms with Crippen molar-refractivity contribution >= 4 is 11.9 Å². The summed E-state index contributed by atoms with van der Waals surface area (Å²) in [7, 11) is 0. The molecule has 1 N–H and O–H groups in total. The molecule has 0 aliphatic rings. The van der Waals surface area contributed by atoms with Crippen LogP contribution in [0.3, 0.4) is 0 Å². The maximum absolute atomic E-state index is 10.2. The monoisotopic (exact) mass is 219 g/mol. The second kappa shape index (κ2) is 7.76. The smallest absolute Gasteiger partial charge is 0.345 e. The normalized spacial score (nSPS) is 7.69. The predicted octanol–water partition coefficient (Wildman–Crippen LogP) is 1.58. The van der Waals surface area contributed by atoms with Gasteiger partial charge in [-0.25, -0.2) is 9.59 Å². The fraction of sp³-hybridized carbons (Fsp3) is 0. The van der Waals surface area contributed by atoms with Gasteiger partial charge in [0.2, 0.25) is 0 Å². The summed E-state index contributed by atoms with van der Waals surface area (Å²) < 4.78 is 3.74. The summed E-state index contributed by atoms with van der Waals surface area (Å²) >= 11 is 0. The molecule has 0 unspecified atom stereocenters. The number of rotatable bonds is 2. The number of carboxylic acid groups (broad SMARTS) is 1. The Kier molecular flexibility index (Phi) is 6.50. The van der Waals surface area contributed by atoms with Crippen molar-refractivity contribution in [3.8, 4) is 6.26 Å². The highest BCUT2D eigenvalue weighted by Crippen LogP contribution is 1.96. The van der Waals surface area contributed by atoms with Gasteiger partial charge in [0.05, 0.1) is 5.56 Å². The summed E-state index contributed by atoms with van der Waals surface area (Å²) in [5, 5.41) is 16.0. The summed E-state index contributed by atoms with van der Waals surface area (Å²) in [5.41, 5.74) is 0.331. The molecule has 5 heteroatoms. The number of benzene rings is 1. The van der Waals surface area contributed by atoms with Gasteiger partial charge in [0.15, 0.2) is 0 Å². The number of carbonyl (C=O) groups excluding carboxylic acids is 1. The number of aromatic carboxylic acids is 1. The van der Waals surface area contributed by atoms with E-state index in [2.05, 4.69) is 11.3 Å². The zero-order chi connectivity index (χ0) is 12.4. The molecule has 0 amide bonds. The number of esters is 1. The van der Waals surface area contributed by atoms with Crippen molar-refractivity contribution < 1.29 is 19.4 Å². The van der Waals surface area contributed by atoms with E-state index in [9.17, 15) is 9.59 Å².